The van der Waals surface area contributed by atoms with Crippen molar-refractivity contribution in [2.75, 3.05) is 12.3 Å². The molecule has 0 atom stereocenters. The predicted octanol–water partition coefficient (Wildman–Crippen LogP) is 2.78. The first kappa shape index (κ1) is 14.6. The third kappa shape index (κ3) is 3.84. The summed E-state index contributed by atoms with van der Waals surface area (Å²) in [7, 11) is -3.49. The number of nitrogen functional groups attached to an aromatic ring is 1. The molecule has 2 rings (SSSR count). The lowest BCUT2D eigenvalue weighted by Crippen LogP contribution is -2.30. The quantitative estimate of drug-likeness (QED) is 0.840. The van der Waals surface area contributed by atoms with E-state index < -0.39 is 10.0 Å². The van der Waals surface area contributed by atoms with E-state index >= 15 is 0 Å². The van der Waals surface area contributed by atoms with Crippen molar-refractivity contribution in [3.8, 4) is 0 Å². The highest BCUT2D eigenvalue weighted by Crippen LogP contribution is 2.25. The van der Waals surface area contributed by atoms with Crippen LogP contribution in [0.5, 0.6) is 0 Å². The molecule has 1 aliphatic rings. The fourth-order valence-corrected chi connectivity index (χ4v) is 3.76. The summed E-state index contributed by atoms with van der Waals surface area (Å²) in [6, 6.07) is 4.38. The third-order valence-corrected chi connectivity index (χ3v) is 5.32. The van der Waals surface area contributed by atoms with Crippen molar-refractivity contribution in [3.63, 3.8) is 0 Å². The summed E-state index contributed by atoms with van der Waals surface area (Å²) in [6.07, 6.45) is 5.85. The third-order valence-electron chi connectivity index (χ3n) is 3.57. The summed E-state index contributed by atoms with van der Waals surface area (Å²) < 4.78 is 26.9. The molecular weight excluding hydrogens is 284 g/mol. The Kier molecular flexibility index (Phi) is 4.71. The van der Waals surface area contributed by atoms with E-state index in [0.717, 1.165) is 12.8 Å². The highest BCUT2D eigenvalue weighted by atomic mass is 35.5. The number of nitrogens with two attached hydrogens (primary N) is 1. The second-order valence-corrected chi connectivity index (χ2v) is 7.21. The highest BCUT2D eigenvalue weighted by Gasteiger charge is 2.19. The van der Waals surface area contributed by atoms with Crippen LogP contribution < -0.4 is 10.5 Å². The van der Waals surface area contributed by atoms with Crippen LogP contribution in [-0.4, -0.2) is 15.0 Å². The monoisotopic (exact) mass is 302 g/mol. The minimum Gasteiger partial charge on any atom is -0.398 e. The molecule has 1 aromatic carbocycles. The van der Waals surface area contributed by atoms with Crippen LogP contribution >= 0.6 is 11.6 Å². The van der Waals surface area contributed by atoms with Crippen LogP contribution in [0.3, 0.4) is 0 Å². The molecule has 0 heterocycles. The van der Waals surface area contributed by atoms with E-state index in [4.69, 9.17) is 17.3 Å². The van der Waals surface area contributed by atoms with Gasteiger partial charge in [-0.05, 0) is 37.0 Å². The zero-order valence-corrected chi connectivity index (χ0v) is 12.3. The van der Waals surface area contributed by atoms with Crippen molar-refractivity contribution >= 4 is 27.3 Å². The molecule has 0 aromatic heterocycles. The number of anilines is 1. The van der Waals surface area contributed by atoms with Gasteiger partial charge in [-0.15, -0.1) is 0 Å². The van der Waals surface area contributed by atoms with E-state index in [0.29, 0.717) is 18.2 Å². The number of nitrogens with one attached hydrogen (secondary N) is 1. The standard InChI is InChI=1S/C13H19ClN2O2S/c14-12-8-11(6-7-13(12)15)19(17,18)16-9-10-4-2-1-3-5-10/h6-8,10,16H,1-5,9,15H2. The Labute approximate surface area is 119 Å². The van der Waals surface area contributed by atoms with Gasteiger partial charge in [0.25, 0.3) is 0 Å². The molecule has 19 heavy (non-hydrogen) atoms. The highest BCUT2D eigenvalue weighted by molar-refractivity contribution is 7.89. The second kappa shape index (κ2) is 6.11. The number of hydrogen-bond acceptors (Lipinski definition) is 3. The maximum Gasteiger partial charge on any atom is 0.240 e. The number of hydrogen-bond donors (Lipinski definition) is 2. The van der Waals surface area contributed by atoms with Gasteiger partial charge in [0.15, 0.2) is 0 Å². The number of halogens is 1. The molecule has 0 saturated heterocycles. The molecule has 3 N–H and O–H groups in total. The van der Waals surface area contributed by atoms with Crippen molar-refractivity contribution in [2.24, 2.45) is 5.92 Å². The van der Waals surface area contributed by atoms with Crippen molar-refractivity contribution in [2.45, 2.75) is 37.0 Å². The van der Waals surface area contributed by atoms with Gasteiger partial charge in [-0.2, -0.15) is 0 Å². The first-order valence-electron chi connectivity index (χ1n) is 6.54. The Bertz CT molecular complexity index is 540. The first-order chi connectivity index (χ1) is 8.99. The van der Waals surface area contributed by atoms with E-state index in [1.807, 2.05) is 0 Å². The molecule has 0 spiro atoms. The summed E-state index contributed by atoms with van der Waals surface area (Å²) in [4.78, 5) is 0.169. The maximum absolute atomic E-state index is 12.1. The largest absolute Gasteiger partial charge is 0.398 e. The van der Waals surface area contributed by atoms with E-state index in [1.165, 1.54) is 37.5 Å². The SMILES string of the molecule is Nc1ccc(S(=O)(=O)NCC2CCCCC2)cc1Cl. The molecule has 1 saturated carbocycles. The van der Waals surface area contributed by atoms with Crippen LogP contribution in [0.4, 0.5) is 5.69 Å². The Hall–Kier alpha value is -0.780. The molecular formula is C13H19ClN2O2S. The molecule has 0 aliphatic heterocycles. The van der Waals surface area contributed by atoms with Gasteiger partial charge in [0.2, 0.25) is 10.0 Å². The molecule has 1 aromatic rings. The number of rotatable bonds is 4. The fraction of sp³-hybridized carbons (Fsp3) is 0.538. The second-order valence-electron chi connectivity index (χ2n) is 5.04. The predicted molar refractivity (Wildman–Crippen MR) is 77.6 cm³/mol. The summed E-state index contributed by atoms with van der Waals surface area (Å²) in [5.74, 6) is 0.452. The topological polar surface area (TPSA) is 72.2 Å². The molecule has 0 amide bonds. The van der Waals surface area contributed by atoms with Crippen molar-refractivity contribution in [3.05, 3.63) is 23.2 Å². The lowest BCUT2D eigenvalue weighted by molar-refractivity contribution is 0.357. The molecule has 1 aliphatic carbocycles. The Morgan fingerprint density at radius 1 is 1.26 bits per heavy atom. The van der Waals surface area contributed by atoms with E-state index in [-0.39, 0.29) is 9.92 Å². The van der Waals surface area contributed by atoms with Gasteiger partial charge in [-0.25, -0.2) is 13.1 Å². The number of sulfonamides is 1. The average molecular weight is 303 g/mol. The van der Waals surface area contributed by atoms with Crippen LogP contribution in [0, 0.1) is 5.92 Å². The zero-order chi connectivity index (χ0) is 13.9. The summed E-state index contributed by atoms with van der Waals surface area (Å²) in [6.45, 7) is 0.504. The van der Waals surface area contributed by atoms with Crippen molar-refractivity contribution in [1.29, 1.82) is 0 Å². The van der Waals surface area contributed by atoms with Gasteiger partial charge in [-0.1, -0.05) is 30.9 Å². The summed E-state index contributed by atoms with van der Waals surface area (Å²) >= 11 is 5.85. The average Bonchev–Trinajstić information content (AvgIpc) is 2.41. The molecule has 6 heteroatoms. The van der Waals surface area contributed by atoms with Crippen LogP contribution in [0.1, 0.15) is 32.1 Å². The normalized spacial score (nSPS) is 17.5. The molecule has 0 radical (unpaired) electrons. The Morgan fingerprint density at radius 2 is 1.95 bits per heavy atom. The lowest BCUT2D eigenvalue weighted by Gasteiger charge is -2.21. The van der Waals surface area contributed by atoms with Crippen LogP contribution in [0.25, 0.3) is 0 Å². The van der Waals surface area contributed by atoms with E-state index in [9.17, 15) is 8.42 Å². The molecule has 4 nitrogen and oxygen atoms in total. The van der Waals surface area contributed by atoms with Crippen molar-refractivity contribution < 1.29 is 8.42 Å². The van der Waals surface area contributed by atoms with Crippen LogP contribution in [0.15, 0.2) is 23.1 Å². The summed E-state index contributed by atoms with van der Waals surface area (Å²) in [5, 5.41) is 0.264. The van der Waals surface area contributed by atoms with Crippen molar-refractivity contribution in [1.82, 2.24) is 4.72 Å². The lowest BCUT2D eigenvalue weighted by atomic mass is 9.90. The van der Waals surface area contributed by atoms with Gasteiger partial charge in [0.05, 0.1) is 15.6 Å². The smallest absolute Gasteiger partial charge is 0.240 e. The van der Waals surface area contributed by atoms with Gasteiger partial charge in [0, 0.05) is 6.54 Å². The summed E-state index contributed by atoms with van der Waals surface area (Å²) in [5.41, 5.74) is 5.96. The molecule has 0 unspecified atom stereocenters. The van der Waals surface area contributed by atoms with E-state index in [1.54, 1.807) is 0 Å². The molecule has 106 valence electrons. The van der Waals surface area contributed by atoms with Gasteiger partial charge in [-0.3, -0.25) is 0 Å². The number of benzene rings is 1. The van der Waals surface area contributed by atoms with Gasteiger partial charge in [0.1, 0.15) is 0 Å². The minimum atomic E-state index is -3.49. The molecule has 1 fully saturated rings. The van der Waals surface area contributed by atoms with Crippen LogP contribution in [0.2, 0.25) is 5.02 Å². The first-order valence-corrected chi connectivity index (χ1v) is 8.40. The zero-order valence-electron chi connectivity index (χ0n) is 10.7. The van der Waals surface area contributed by atoms with Gasteiger partial charge < -0.3 is 5.73 Å². The Balaban J connectivity index is 2.02. The maximum atomic E-state index is 12.1. The van der Waals surface area contributed by atoms with E-state index in [2.05, 4.69) is 4.72 Å². The minimum absolute atomic E-state index is 0.169. The fourth-order valence-electron chi connectivity index (χ4n) is 2.38. The molecule has 0 bridgehead atoms. The van der Waals surface area contributed by atoms with Gasteiger partial charge >= 0.3 is 0 Å². The van der Waals surface area contributed by atoms with Crippen LogP contribution in [-0.2, 0) is 10.0 Å². The Morgan fingerprint density at radius 3 is 2.58 bits per heavy atom.